The van der Waals surface area contributed by atoms with Gasteiger partial charge in [0.05, 0.1) is 12.6 Å². The van der Waals surface area contributed by atoms with E-state index in [4.69, 9.17) is 16.3 Å². The van der Waals surface area contributed by atoms with Gasteiger partial charge in [0.1, 0.15) is 0 Å². The molecule has 0 aliphatic carbocycles. The van der Waals surface area contributed by atoms with Crippen molar-refractivity contribution in [3.05, 3.63) is 35.3 Å². The van der Waals surface area contributed by atoms with Crippen LogP contribution in [0.1, 0.15) is 24.6 Å². The number of hydrogen-bond acceptors (Lipinski definition) is 2. The molecule has 0 spiro atoms. The highest BCUT2D eigenvalue weighted by Gasteiger charge is 2.10. The van der Waals surface area contributed by atoms with Gasteiger partial charge in [-0.3, -0.25) is 4.98 Å². The van der Waals surface area contributed by atoms with E-state index >= 15 is 0 Å². The van der Waals surface area contributed by atoms with Crippen LogP contribution < -0.4 is 4.74 Å². The summed E-state index contributed by atoms with van der Waals surface area (Å²) in [5, 5.41) is 0.851. The molecule has 104 valence electrons. The van der Waals surface area contributed by atoms with Crippen LogP contribution in [0.3, 0.4) is 0 Å². The van der Waals surface area contributed by atoms with Gasteiger partial charge in [0, 0.05) is 23.0 Å². The van der Waals surface area contributed by atoms with Crippen LogP contribution in [-0.2, 0) is 12.3 Å². The fourth-order valence-corrected chi connectivity index (χ4v) is 2.22. The highest BCUT2D eigenvalue weighted by Crippen LogP contribution is 2.26. The quantitative estimate of drug-likeness (QED) is 0.776. The lowest BCUT2D eigenvalue weighted by Gasteiger charge is -2.09. The molecule has 0 fully saturated rings. The number of halogens is 3. The number of aromatic nitrogens is 1. The number of hydrogen-bond donors (Lipinski definition) is 0. The summed E-state index contributed by atoms with van der Waals surface area (Å²) in [5.74, 6) is 0.254. The van der Waals surface area contributed by atoms with E-state index in [0.29, 0.717) is 11.4 Å². The van der Waals surface area contributed by atoms with Crippen LogP contribution in [0.4, 0.5) is 4.39 Å². The zero-order valence-corrected chi connectivity index (χ0v) is 12.4. The Morgan fingerprint density at radius 2 is 2.05 bits per heavy atom. The van der Waals surface area contributed by atoms with Gasteiger partial charge in [-0.05, 0) is 24.1 Å². The molecule has 2 rings (SSSR count). The van der Waals surface area contributed by atoms with E-state index in [1.807, 2.05) is 6.07 Å². The van der Waals surface area contributed by atoms with Gasteiger partial charge in [-0.25, -0.2) is 4.39 Å². The number of nitrogens with zero attached hydrogens (tertiary/aromatic N) is 1. The fraction of sp³-hybridized carbons (Fsp3) is 0.357. The summed E-state index contributed by atoms with van der Waals surface area (Å²) in [6.07, 6.45) is 1.84. The van der Waals surface area contributed by atoms with Crippen molar-refractivity contribution in [3.8, 4) is 5.75 Å². The first kappa shape index (κ1) is 16.0. The fourth-order valence-electron chi connectivity index (χ4n) is 1.98. The third-order valence-corrected chi connectivity index (χ3v) is 3.18. The van der Waals surface area contributed by atoms with Crippen molar-refractivity contribution in [3.63, 3.8) is 0 Å². The molecule has 0 aliphatic heterocycles. The van der Waals surface area contributed by atoms with Gasteiger partial charge in [-0.2, -0.15) is 0 Å². The first-order valence-electron chi connectivity index (χ1n) is 5.91. The Hall–Kier alpha value is -1.06. The minimum Gasteiger partial charge on any atom is -0.494 e. The maximum Gasteiger partial charge on any atom is 0.167 e. The summed E-state index contributed by atoms with van der Waals surface area (Å²) in [6.45, 7) is 2.08. The van der Waals surface area contributed by atoms with E-state index in [0.717, 1.165) is 29.5 Å². The summed E-state index contributed by atoms with van der Waals surface area (Å²) in [7, 11) is 1.45. The SMILES string of the molecule is CCCc1nc2cc(F)c(OC)cc2cc1CCl.Cl. The van der Waals surface area contributed by atoms with Crippen LogP contribution in [0.5, 0.6) is 5.75 Å². The first-order chi connectivity index (χ1) is 8.69. The van der Waals surface area contributed by atoms with Crippen LogP contribution >= 0.6 is 24.0 Å². The van der Waals surface area contributed by atoms with Crippen molar-refractivity contribution in [1.29, 1.82) is 0 Å². The van der Waals surface area contributed by atoms with Crippen LogP contribution in [0.25, 0.3) is 10.9 Å². The molecule has 0 aliphatic rings. The third-order valence-electron chi connectivity index (χ3n) is 2.89. The number of alkyl halides is 1. The third kappa shape index (κ3) is 3.28. The van der Waals surface area contributed by atoms with Gasteiger partial charge < -0.3 is 4.74 Å². The largest absolute Gasteiger partial charge is 0.494 e. The van der Waals surface area contributed by atoms with E-state index in [9.17, 15) is 4.39 Å². The van der Waals surface area contributed by atoms with Gasteiger partial charge in [0.15, 0.2) is 11.6 Å². The molecule has 0 bridgehead atoms. The second-order valence-corrected chi connectivity index (χ2v) is 4.42. The molecule has 0 saturated heterocycles. The summed E-state index contributed by atoms with van der Waals surface area (Å²) in [5.41, 5.74) is 2.59. The van der Waals surface area contributed by atoms with Gasteiger partial charge >= 0.3 is 0 Å². The van der Waals surface area contributed by atoms with Crippen molar-refractivity contribution in [2.45, 2.75) is 25.6 Å². The lowest BCUT2D eigenvalue weighted by Crippen LogP contribution is -1.98. The number of aryl methyl sites for hydroxylation is 1. The van der Waals surface area contributed by atoms with E-state index < -0.39 is 5.82 Å². The molecule has 1 heterocycles. The maximum absolute atomic E-state index is 13.6. The molecule has 0 unspecified atom stereocenters. The van der Waals surface area contributed by atoms with E-state index in [-0.39, 0.29) is 18.2 Å². The van der Waals surface area contributed by atoms with E-state index in [1.165, 1.54) is 13.2 Å². The van der Waals surface area contributed by atoms with Crippen molar-refractivity contribution < 1.29 is 9.13 Å². The number of methoxy groups -OCH3 is 1. The van der Waals surface area contributed by atoms with Crippen molar-refractivity contribution in [2.75, 3.05) is 7.11 Å². The summed E-state index contributed by atoms with van der Waals surface area (Å²) >= 11 is 5.93. The number of ether oxygens (including phenoxy) is 1. The lowest BCUT2D eigenvalue weighted by molar-refractivity contribution is 0.387. The van der Waals surface area contributed by atoms with E-state index in [1.54, 1.807) is 6.07 Å². The molecule has 5 heteroatoms. The Labute approximate surface area is 123 Å². The molecule has 0 radical (unpaired) electrons. The van der Waals surface area contributed by atoms with Crippen LogP contribution in [0, 0.1) is 5.82 Å². The topological polar surface area (TPSA) is 22.1 Å². The maximum atomic E-state index is 13.6. The minimum absolute atomic E-state index is 0. The summed E-state index contributed by atoms with van der Waals surface area (Å²) in [4.78, 5) is 4.49. The molecule has 2 nitrogen and oxygen atoms in total. The molecular formula is C14H16Cl2FNO. The number of benzene rings is 1. The molecule has 0 atom stereocenters. The van der Waals surface area contributed by atoms with Gasteiger partial charge in [-0.1, -0.05) is 13.3 Å². The monoisotopic (exact) mass is 303 g/mol. The Morgan fingerprint density at radius 3 is 2.63 bits per heavy atom. The van der Waals surface area contributed by atoms with Crippen LogP contribution in [-0.4, -0.2) is 12.1 Å². The first-order valence-corrected chi connectivity index (χ1v) is 6.45. The lowest BCUT2D eigenvalue weighted by atomic mass is 10.1. The Morgan fingerprint density at radius 1 is 1.32 bits per heavy atom. The molecular weight excluding hydrogens is 288 g/mol. The predicted octanol–water partition coefficient (Wildman–Crippen LogP) is 4.50. The van der Waals surface area contributed by atoms with E-state index in [2.05, 4.69) is 11.9 Å². The minimum atomic E-state index is -0.390. The normalized spacial score (nSPS) is 10.3. The summed E-state index contributed by atoms with van der Waals surface area (Å²) < 4.78 is 18.6. The van der Waals surface area contributed by atoms with Crippen molar-refractivity contribution in [2.24, 2.45) is 0 Å². The second kappa shape index (κ2) is 6.92. The predicted molar refractivity (Wildman–Crippen MR) is 79.1 cm³/mol. The summed E-state index contributed by atoms with van der Waals surface area (Å²) in [6, 6.07) is 5.02. The highest BCUT2D eigenvalue weighted by atomic mass is 35.5. The molecule has 0 N–H and O–H groups in total. The Balaban J connectivity index is 0.00000180. The van der Waals surface area contributed by atoms with Crippen molar-refractivity contribution in [1.82, 2.24) is 4.98 Å². The Kier molecular flexibility index (Phi) is 5.83. The Bertz CT molecular complexity index is 575. The second-order valence-electron chi connectivity index (χ2n) is 4.16. The molecule has 0 amide bonds. The van der Waals surface area contributed by atoms with Crippen LogP contribution in [0.15, 0.2) is 18.2 Å². The number of rotatable bonds is 4. The molecule has 1 aromatic heterocycles. The number of fused-ring (bicyclic) bond motifs is 1. The van der Waals surface area contributed by atoms with Crippen molar-refractivity contribution >= 4 is 34.9 Å². The average Bonchev–Trinajstić information content (AvgIpc) is 2.37. The molecule has 19 heavy (non-hydrogen) atoms. The standard InChI is InChI=1S/C14H15ClFNO.ClH/c1-3-4-12-10(8-15)5-9-6-14(18-2)11(16)7-13(9)17-12;/h5-7H,3-4,8H2,1-2H3;1H. The highest BCUT2D eigenvalue weighted by molar-refractivity contribution is 6.17. The van der Waals surface area contributed by atoms with Gasteiger partial charge in [-0.15, -0.1) is 24.0 Å². The zero-order valence-electron chi connectivity index (χ0n) is 10.9. The smallest absolute Gasteiger partial charge is 0.167 e. The average molecular weight is 304 g/mol. The number of pyridine rings is 1. The van der Waals surface area contributed by atoms with Gasteiger partial charge in [0.25, 0.3) is 0 Å². The molecule has 2 aromatic rings. The zero-order chi connectivity index (χ0) is 13.1. The van der Waals surface area contributed by atoms with Crippen LogP contribution in [0.2, 0.25) is 0 Å². The van der Waals surface area contributed by atoms with Gasteiger partial charge in [0.2, 0.25) is 0 Å². The molecule has 0 saturated carbocycles. The molecule has 1 aromatic carbocycles.